The minimum Gasteiger partial charge on any atom is -0.381 e. The molecule has 1 aliphatic rings. The Morgan fingerprint density at radius 2 is 2.06 bits per heavy atom. The lowest BCUT2D eigenvalue weighted by Gasteiger charge is -2.20. The predicted molar refractivity (Wildman–Crippen MR) is 71.3 cm³/mol. The Bertz CT molecular complexity index is 527. The van der Waals surface area contributed by atoms with Crippen LogP contribution in [0.5, 0.6) is 0 Å². The number of hydrogen-bond donors (Lipinski definition) is 1. The van der Waals surface area contributed by atoms with Gasteiger partial charge in [0.25, 0.3) is 0 Å². The summed E-state index contributed by atoms with van der Waals surface area (Å²) in [5, 5.41) is 2.97. The van der Waals surface area contributed by atoms with Crippen molar-refractivity contribution in [1.82, 2.24) is 0 Å². The summed E-state index contributed by atoms with van der Waals surface area (Å²) >= 11 is 5.76. The summed E-state index contributed by atoms with van der Waals surface area (Å²) in [4.78, 5) is 0. The molecule has 1 fully saturated rings. The van der Waals surface area contributed by atoms with Crippen molar-refractivity contribution in [1.29, 1.82) is 0 Å². The number of benzene rings is 1. The van der Waals surface area contributed by atoms with E-state index in [-0.39, 0.29) is 6.04 Å². The third kappa shape index (κ3) is 3.14. The zero-order valence-corrected chi connectivity index (χ0v) is 11.6. The van der Waals surface area contributed by atoms with Crippen LogP contribution in [0.15, 0.2) is 18.2 Å². The zero-order valence-electron chi connectivity index (χ0n) is 9.99. The summed E-state index contributed by atoms with van der Waals surface area (Å²) < 4.78 is 36.4. The van der Waals surface area contributed by atoms with Gasteiger partial charge in [0.1, 0.15) is 5.82 Å². The quantitative estimate of drug-likeness (QED) is 0.931. The molecule has 1 aromatic rings. The second kappa shape index (κ2) is 5.05. The fraction of sp³-hybridized carbons (Fsp3) is 0.500. The van der Waals surface area contributed by atoms with Crippen molar-refractivity contribution in [3.05, 3.63) is 29.0 Å². The van der Waals surface area contributed by atoms with Gasteiger partial charge in [0.15, 0.2) is 9.84 Å². The Morgan fingerprint density at radius 1 is 1.33 bits per heavy atom. The number of nitrogens with one attached hydrogen (secondary N) is 1. The van der Waals surface area contributed by atoms with E-state index in [0.29, 0.717) is 17.1 Å². The standard InChI is InChI=1S/C12H15ClFNO2S/c1-18(16,17)12-4-2-3-11(12)15-10-6-8(13)5-9(14)7-10/h5-7,11-12,15H,2-4H2,1H3. The van der Waals surface area contributed by atoms with Gasteiger partial charge in [-0.15, -0.1) is 0 Å². The molecule has 1 aromatic carbocycles. The van der Waals surface area contributed by atoms with Crippen LogP contribution >= 0.6 is 11.6 Å². The first-order valence-corrected chi connectivity index (χ1v) is 8.11. The molecule has 1 saturated carbocycles. The van der Waals surface area contributed by atoms with Gasteiger partial charge < -0.3 is 5.32 Å². The highest BCUT2D eigenvalue weighted by Gasteiger charge is 2.34. The summed E-state index contributed by atoms with van der Waals surface area (Å²) in [5.41, 5.74) is 0.528. The largest absolute Gasteiger partial charge is 0.381 e. The van der Waals surface area contributed by atoms with Crippen LogP contribution in [-0.2, 0) is 9.84 Å². The number of rotatable bonds is 3. The van der Waals surface area contributed by atoms with Crippen LogP contribution in [0.2, 0.25) is 5.02 Å². The van der Waals surface area contributed by atoms with Gasteiger partial charge in [0.2, 0.25) is 0 Å². The SMILES string of the molecule is CS(=O)(=O)C1CCCC1Nc1cc(F)cc(Cl)c1. The molecule has 2 rings (SSSR count). The van der Waals surface area contributed by atoms with E-state index in [2.05, 4.69) is 5.32 Å². The molecule has 0 bridgehead atoms. The minimum absolute atomic E-state index is 0.169. The highest BCUT2D eigenvalue weighted by Crippen LogP contribution is 2.29. The van der Waals surface area contributed by atoms with Crippen molar-refractivity contribution in [3.8, 4) is 0 Å². The molecule has 100 valence electrons. The molecular formula is C12H15ClFNO2S. The second-order valence-corrected chi connectivity index (χ2v) is 7.41. The Kier molecular flexibility index (Phi) is 3.82. The van der Waals surface area contributed by atoms with E-state index in [1.807, 2.05) is 0 Å². The molecule has 0 spiro atoms. The average molecular weight is 292 g/mol. The summed E-state index contributed by atoms with van der Waals surface area (Å²) in [6.45, 7) is 0. The lowest BCUT2D eigenvalue weighted by atomic mass is 10.2. The van der Waals surface area contributed by atoms with E-state index in [4.69, 9.17) is 11.6 Å². The van der Waals surface area contributed by atoms with Crippen molar-refractivity contribution in [2.24, 2.45) is 0 Å². The number of halogens is 2. The van der Waals surface area contributed by atoms with E-state index in [1.54, 1.807) is 6.07 Å². The van der Waals surface area contributed by atoms with Crippen molar-refractivity contribution in [2.45, 2.75) is 30.6 Å². The minimum atomic E-state index is -3.08. The van der Waals surface area contributed by atoms with Crippen molar-refractivity contribution >= 4 is 27.1 Å². The number of hydrogen-bond acceptors (Lipinski definition) is 3. The first kappa shape index (κ1) is 13.6. The molecule has 0 saturated heterocycles. The van der Waals surface area contributed by atoms with Crippen molar-refractivity contribution < 1.29 is 12.8 Å². The molecule has 18 heavy (non-hydrogen) atoms. The highest BCUT2D eigenvalue weighted by molar-refractivity contribution is 7.91. The molecule has 1 aliphatic carbocycles. The van der Waals surface area contributed by atoms with Gasteiger partial charge in [-0.25, -0.2) is 12.8 Å². The van der Waals surface area contributed by atoms with E-state index < -0.39 is 20.9 Å². The molecule has 0 heterocycles. The van der Waals surface area contributed by atoms with Crippen LogP contribution in [0.1, 0.15) is 19.3 Å². The van der Waals surface area contributed by atoms with E-state index in [9.17, 15) is 12.8 Å². The first-order valence-electron chi connectivity index (χ1n) is 5.78. The van der Waals surface area contributed by atoms with Gasteiger partial charge >= 0.3 is 0 Å². The molecule has 0 aromatic heterocycles. The van der Waals surface area contributed by atoms with Crippen LogP contribution in [0.4, 0.5) is 10.1 Å². The van der Waals surface area contributed by atoms with E-state index >= 15 is 0 Å². The van der Waals surface area contributed by atoms with Crippen LogP contribution in [-0.4, -0.2) is 26.0 Å². The Morgan fingerprint density at radius 3 is 2.67 bits per heavy atom. The second-order valence-electron chi connectivity index (χ2n) is 4.71. The third-order valence-corrected chi connectivity index (χ3v) is 5.10. The van der Waals surface area contributed by atoms with E-state index in [1.165, 1.54) is 18.4 Å². The molecular weight excluding hydrogens is 277 g/mol. The molecule has 0 aliphatic heterocycles. The Hall–Kier alpha value is -0.810. The topological polar surface area (TPSA) is 46.2 Å². The Balaban J connectivity index is 2.18. The first-order chi connectivity index (χ1) is 8.36. The zero-order chi connectivity index (χ0) is 13.3. The van der Waals surface area contributed by atoms with Gasteiger partial charge in [-0.05, 0) is 37.5 Å². The van der Waals surface area contributed by atoms with Crippen LogP contribution in [0.25, 0.3) is 0 Å². The molecule has 0 amide bonds. The average Bonchev–Trinajstić information content (AvgIpc) is 2.63. The number of sulfone groups is 1. The molecule has 1 N–H and O–H groups in total. The fourth-order valence-corrected chi connectivity index (χ4v) is 4.07. The van der Waals surface area contributed by atoms with Gasteiger partial charge in [-0.3, -0.25) is 0 Å². The smallest absolute Gasteiger partial charge is 0.152 e. The fourth-order valence-electron chi connectivity index (χ4n) is 2.45. The monoisotopic (exact) mass is 291 g/mol. The maximum absolute atomic E-state index is 13.2. The molecule has 2 unspecified atom stereocenters. The van der Waals surface area contributed by atoms with Crippen LogP contribution in [0, 0.1) is 5.82 Å². The van der Waals surface area contributed by atoms with Crippen molar-refractivity contribution in [2.75, 3.05) is 11.6 Å². The predicted octanol–water partition coefficient (Wildman–Crippen LogP) is 2.86. The van der Waals surface area contributed by atoms with Gasteiger partial charge in [0, 0.05) is 23.0 Å². The van der Waals surface area contributed by atoms with Crippen LogP contribution < -0.4 is 5.32 Å². The lowest BCUT2D eigenvalue weighted by Crippen LogP contribution is -2.34. The summed E-state index contributed by atoms with van der Waals surface area (Å²) in [6.07, 6.45) is 3.53. The normalized spacial score (nSPS) is 24.2. The molecule has 3 nitrogen and oxygen atoms in total. The lowest BCUT2D eigenvalue weighted by molar-refractivity contribution is 0.579. The Labute approximate surface area is 111 Å². The van der Waals surface area contributed by atoms with Gasteiger partial charge in [-0.1, -0.05) is 11.6 Å². The maximum Gasteiger partial charge on any atom is 0.152 e. The van der Waals surface area contributed by atoms with Gasteiger partial charge in [-0.2, -0.15) is 0 Å². The van der Waals surface area contributed by atoms with Crippen LogP contribution in [0.3, 0.4) is 0 Å². The molecule has 6 heteroatoms. The third-order valence-electron chi connectivity index (χ3n) is 3.22. The summed E-state index contributed by atoms with van der Waals surface area (Å²) in [6, 6.07) is 3.97. The van der Waals surface area contributed by atoms with E-state index in [0.717, 1.165) is 12.8 Å². The summed E-state index contributed by atoms with van der Waals surface area (Å²) in [7, 11) is -3.08. The summed E-state index contributed by atoms with van der Waals surface area (Å²) in [5.74, 6) is -0.432. The molecule has 2 atom stereocenters. The highest BCUT2D eigenvalue weighted by atomic mass is 35.5. The maximum atomic E-state index is 13.2. The van der Waals surface area contributed by atoms with Crippen molar-refractivity contribution in [3.63, 3.8) is 0 Å². The van der Waals surface area contributed by atoms with Gasteiger partial charge in [0.05, 0.1) is 5.25 Å². The molecule has 0 radical (unpaired) electrons. The number of anilines is 1.